The molecule has 0 unspecified atom stereocenters. The van der Waals surface area contributed by atoms with Crippen LogP contribution in [0.5, 0.6) is 0 Å². The van der Waals surface area contributed by atoms with E-state index in [-0.39, 0.29) is 0 Å². The summed E-state index contributed by atoms with van der Waals surface area (Å²) in [7, 11) is 0. The summed E-state index contributed by atoms with van der Waals surface area (Å²) in [5, 5.41) is 8.22. The van der Waals surface area contributed by atoms with Crippen LogP contribution in [0, 0.1) is 0 Å². The first-order valence-corrected chi connectivity index (χ1v) is 15.5. The van der Waals surface area contributed by atoms with E-state index in [1.165, 1.54) is 32.5 Å². The zero-order valence-electron chi connectivity index (χ0n) is 24.9. The van der Waals surface area contributed by atoms with Gasteiger partial charge >= 0.3 is 0 Å². The molecular formula is C43H27N3. The second-order valence-corrected chi connectivity index (χ2v) is 11.7. The highest BCUT2D eigenvalue weighted by Gasteiger charge is 2.18. The van der Waals surface area contributed by atoms with Gasteiger partial charge < -0.3 is 0 Å². The third kappa shape index (κ3) is 4.41. The number of aromatic nitrogens is 3. The molecule has 0 aliphatic carbocycles. The summed E-state index contributed by atoms with van der Waals surface area (Å²) in [6.45, 7) is 0. The summed E-state index contributed by atoms with van der Waals surface area (Å²) in [5.74, 6) is 0.685. The van der Waals surface area contributed by atoms with Crippen molar-refractivity contribution in [2.45, 2.75) is 0 Å². The number of nitrogens with zero attached hydrogens (tertiary/aromatic N) is 3. The summed E-state index contributed by atoms with van der Waals surface area (Å²) in [6.07, 6.45) is 1.85. The highest BCUT2D eigenvalue weighted by molar-refractivity contribution is 6.14. The van der Waals surface area contributed by atoms with E-state index in [9.17, 15) is 0 Å². The van der Waals surface area contributed by atoms with E-state index in [4.69, 9.17) is 15.0 Å². The van der Waals surface area contributed by atoms with Gasteiger partial charge in [-0.15, -0.1) is 0 Å². The third-order valence-electron chi connectivity index (χ3n) is 8.85. The van der Waals surface area contributed by atoms with Gasteiger partial charge in [0.2, 0.25) is 0 Å². The fourth-order valence-corrected chi connectivity index (χ4v) is 6.74. The van der Waals surface area contributed by atoms with Gasteiger partial charge in [0.1, 0.15) is 0 Å². The highest BCUT2D eigenvalue weighted by Crippen LogP contribution is 2.41. The van der Waals surface area contributed by atoms with E-state index in [1.54, 1.807) is 0 Å². The van der Waals surface area contributed by atoms with Crippen LogP contribution in [-0.4, -0.2) is 15.0 Å². The molecule has 2 heterocycles. The van der Waals surface area contributed by atoms with E-state index in [0.29, 0.717) is 5.82 Å². The Balaban J connectivity index is 1.37. The summed E-state index contributed by atoms with van der Waals surface area (Å²) in [5.41, 5.74) is 8.09. The lowest BCUT2D eigenvalue weighted by Gasteiger charge is -2.16. The van der Waals surface area contributed by atoms with Crippen LogP contribution in [0.15, 0.2) is 164 Å². The van der Waals surface area contributed by atoms with Gasteiger partial charge in [-0.2, -0.15) is 0 Å². The van der Waals surface area contributed by atoms with Crippen LogP contribution in [0.25, 0.3) is 88.2 Å². The molecule has 0 N–H and O–H groups in total. The van der Waals surface area contributed by atoms with Crippen LogP contribution in [-0.2, 0) is 0 Å². The average Bonchev–Trinajstić information content (AvgIpc) is 3.13. The standard InChI is InChI=1S/C43H27N3/c1-2-13-29(14-3-1)42-41-35-17-7-4-12-28(35)21-22-39(41)45-43(46-42)34-26-32(38-20-10-11-23-44-38)25-33(27-34)40-36-18-8-5-15-30(36)24-31-16-6-9-19-37(31)40/h1-27H. The Bertz CT molecular complexity index is 2520. The van der Waals surface area contributed by atoms with E-state index >= 15 is 0 Å². The van der Waals surface area contributed by atoms with Gasteiger partial charge in [0, 0.05) is 28.3 Å². The van der Waals surface area contributed by atoms with Crippen LogP contribution in [0.2, 0.25) is 0 Å². The summed E-state index contributed by atoms with van der Waals surface area (Å²) in [6, 6.07) is 55.5. The smallest absolute Gasteiger partial charge is 0.160 e. The zero-order chi connectivity index (χ0) is 30.5. The minimum atomic E-state index is 0.685. The van der Waals surface area contributed by atoms with Gasteiger partial charge in [-0.1, -0.05) is 115 Å². The number of pyridine rings is 1. The molecule has 46 heavy (non-hydrogen) atoms. The normalized spacial score (nSPS) is 11.5. The lowest BCUT2D eigenvalue weighted by atomic mass is 9.89. The van der Waals surface area contributed by atoms with Crippen molar-refractivity contribution in [1.82, 2.24) is 15.0 Å². The molecule has 214 valence electrons. The fraction of sp³-hybridized carbons (Fsp3) is 0. The fourth-order valence-electron chi connectivity index (χ4n) is 6.74. The first-order chi connectivity index (χ1) is 22.8. The van der Waals surface area contributed by atoms with Gasteiger partial charge in [0.05, 0.1) is 16.9 Å². The average molecular weight is 586 g/mol. The van der Waals surface area contributed by atoms with Gasteiger partial charge in [-0.3, -0.25) is 4.98 Å². The first kappa shape index (κ1) is 26.2. The minimum Gasteiger partial charge on any atom is -0.256 e. The second-order valence-electron chi connectivity index (χ2n) is 11.7. The molecule has 0 aliphatic rings. The maximum atomic E-state index is 5.35. The molecule has 9 rings (SSSR count). The van der Waals surface area contributed by atoms with Crippen molar-refractivity contribution in [1.29, 1.82) is 0 Å². The number of hydrogen-bond acceptors (Lipinski definition) is 3. The molecular weight excluding hydrogens is 558 g/mol. The van der Waals surface area contributed by atoms with Crippen LogP contribution in [0.3, 0.4) is 0 Å². The topological polar surface area (TPSA) is 38.7 Å². The maximum absolute atomic E-state index is 5.35. The molecule has 0 saturated carbocycles. The van der Waals surface area contributed by atoms with E-state index < -0.39 is 0 Å². The van der Waals surface area contributed by atoms with Gasteiger partial charge in [-0.25, -0.2) is 9.97 Å². The summed E-state index contributed by atoms with van der Waals surface area (Å²) in [4.78, 5) is 15.4. The van der Waals surface area contributed by atoms with E-state index in [1.807, 2.05) is 24.4 Å². The molecule has 3 nitrogen and oxygen atoms in total. The predicted octanol–water partition coefficient (Wildman–Crippen LogP) is 11.2. The van der Waals surface area contributed by atoms with Crippen molar-refractivity contribution in [2.75, 3.05) is 0 Å². The van der Waals surface area contributed by atoms with Gasteiger partial charge in [0.25, 0.3) is 0 Å². The molecule has 9 aromatic rings. The van der Waals surface area contributed by atoms with Crippen molar-refractivity contribution in [3.63, 3.8) is 0 Å². The molecule has 0 spiro atoms. The van der Waals surface area contributed by atoms with Crippen molar-refractivity contribution in [3.05, 3.63) is 164 Å². The van der Waals surface area contributed by atoms with Crippen LogP contribution < -0.4 is 0 Å². The Morgan fingerprint density at radius 3 is 1.76 bits per heavy atom. The lowest BCUT2D eigenvalue weighted by Crippen LogP contribution is -1.97. The number of hydrogen-bond donors (Lipinski definition) is 0. The molecule has 0 amide bonds. The molecule has 2 aromatic heterocycles. The monoisotopic (exact) mass is 585 g/mol. The molecule has 0 fully saturated rings. The molecule has 7 aromatic carbocycles. The van der Waals surface area contributed by atoms with Crippen molar-refractivity contribution in [2.24, 2.45) is 0 Å². The number of benzene rings is 7. The van der Waals surface area contributed by atoms with E-state index in [0.717, 1.165) is 49.9 Å². The van der Waals surface area contributed by atoms with Crippen LogP contribution in [0.4, 0.5) is 0 Å². The molecule has 0 bridgehead atoms. The maximum Gasteiger partial charge on any atom is 0.160 e. The molecule has 0 atom stereocenters. The Labute approximate surface area is 266 Å². The zero-order valence-corrected chi connectivity index (χ0v) is 24.9. The summed E-state index contributed by atoms with van der Waals surface area (Å²) < 4.78 is 0. The lowest BCUT2D eigenvalue weighted by molar-refractivity contribution is 1.23. The number of rotatable bonds is 4. The Morgan fingerprint density at radius 2 is 1.02 bits per heavy atom. The second kappa shape index (κ2) is 10.8. The molecule has 0 saturated heterocycles. The first-order valence-electron chi connectivity index (χ1n) is 15.5. The van der Waals surface area contributed by atoms with Gasteiger partial charge in [-0.05, 0) is 85.9 Å². The third-order valence-corrected chi connectivity index (χ3v) is 8.85. The summed E-state index contributed by atoms with van der Waals surface area (Å²) >= 11 is 0. The Morgan fingerprint density at radius 1 is 0.391 bits per heavy atom. The predicted molar refractivity (Wildman–Crippen MR) is 192 cm³/mol. The van der Waals surface area contributed by atoms with Gasteiger partial charge in [0.15, 0.2) is 5.82 Å². The molecule has 3 heteroatoms. The largest absolute Gasteiger partial charge is 0.256 e. The molecule has 0 radical (unpaired) electrons. The highest BCUT2D eigenvalue weighted by atomic mass is 14.9. The van der Waals surface area contributed by atoms with Crippen molar-refractivity contribution >= 4 is 43.2 Å². The molecule has 0 aliphatic heterocycles. The van der Waals surface area contributed by atoms with E-state index in [2.05, 4.69) is 140 Å². The Kier molecular flexibility index (Phi) is 6.14. The Hall–Kier alpha value is -6.19. The quantitative estimate of drug-likeness (QED) is 0.152. The van der Waals surface area contributed by atoms with Crippen LogP contribution >= 0.6 is 0 Å². The SMILES string of the molecule is c1ccc(-c2nc(-c3cc(-c4ccccn4)cc(-c4c5ccccc5cc5ccccc45)c3)nc3ccc4ccccc4c23)cc1. The van der Waals surface area contributed by atoms with Crippen molar-refractivity contribution in [3.8, 4) is 45.0 Å². The number of fused-ring (bicyclic) bond motifs is 5. The minimum absolute atomic E-state index is 0.685. The van der Waals surface area contributed by atoms with Crippen molar-refractivity contribution < 1.29 is 0 Å². The van der Waals surface area contributed by atoms with Crippen LogP contribution in [0.1, 0.15) is 0 Å².